The zero-order valence-electron chi connectivity index (χ0n) is 10.9. The second kappa shape index (κ2) is 5.38. The topological polar surface area (TPSA) is 34.9 Å². The number of hydrogen-bond acceptors (Lipinski definition) is 3. The van der Waals surface area contributed by atoms with Crippen LogP contribution in [-0.2, 0) is 5.88 Å². The third-order valence-electron chi connectivity index (χ3n) is 3.41. The molecule has 5 heteroatoms. The third-order valence-corrected chi connectivity index (χ3v) is 4.35. The van der Waals surface area contributed by atoms with E-state index in [1.165, 1.54) is 0 Å². The molecule has 0 spiro atoms. The first kappa shape index (κ1) is 13.3. The Kier molecular flexibility index (Phi) is 3.59. The first-order valence-corrected chi connectivity index (χ1v) is 7.78. The number of thiophene rings is 1. The van der Waals surface area contributed by atoms with E-state index >= 15 is 0 Å². The van der Waals surface area contributed by atoms with Crippen LogP contribution < -0.4 is 5.56 Å². The summed E-state index contributed by atoms with van der Waals surface area (Å²) in [4.78, 5) is 17.2. The number of rotatable bonds is 3. The molecule has 0 aliphatic heterocycles. The van der Waals surface area contributed by atoms with Gasteiger partial charge in [0.2, 0.25) is 0 Å². The Labute approximate surface area is 125 Å². The maximum Gasteiger partial charge on any atom is 0.261 e. The van der Waals surface area contributed by atoms with Gasteiger partial charge in [-0.25, -0.2) is 4.98 Å². The number of benzene rings is 1. The van der Waals surface area contributed by atoms with Gasteiger partial charge >= 0.3 is 0 Å². The van der Waals surface area contributed by atoms with Crippen molar-refractivity contribution in [2.24, 2.45) is 0 Å². The van der Waals surface area contributed by atoms with Gasteiger partial charge in [0.05, 0.1) is 22.8 Å². The van der Waals surface area contributed by atoms with Gasteiger partial charge in [0, 0.05) is 0 Å². The fourth-order valence-corrected chi connectivity index (χ4v) is 3.28. The Balaban J connectivity index is 2.28. The van der Waals surface area contributed by atoms with Crippen LogP contribution in [0.15, 0.2) is 45.9 Å². The van der Waals surface area contributed by atoms with Gasteiger partial charge in [-0.3, -0.25) is 9.36 Å². The normalized spacial score (nSPS) is 12.7. The summed E-state index contributed by atoms with van der Waals surface area (Å²) in [5.41, 5.74) is 1.76. The summed E-state index contributed by atoms with van der Waals surface area (Å²) in [6.45, 7) is 2.00. The predicted octanol–water partition coefficient (Wildman–Crippen LogP) is 3.81. The zero-order chi connectivity index (χ0) is 14.1. The summed E-state index contributed by atoms with van der Waals surface area (Å²) in [5.74, 6) is 0.822. The molecule has 3 nitrogen and oxygen atoms in total. The lowest BCUT2D eigenvalue weighted by Gasteiger charge is -2.18. The molecule has 0 N–H and O–H groups in total. The maximum absolute atomic E-state index is 12.7. The number of para-hydroxylation sites is 1. The predicted molar refractivity (Wildman–Crippen MR) is 83.7 cm³/mol. The Bertz CT molecular complexity index is 795. The van der Waals surface area contributed by atoms with E-state index in [1.807, 2.05) is 41.9 Å². The van der Waals surface area contributed by atoms with Gasteiger partial charge in [-0.15, -0.1) is 11.6 Å². The van der Waals surface area contributed by atoms with E-state index in [9.17, 15) is 4.79 Å². The molecule has 0 bridgehead atoms. The molecular weight excluding hydrogens is 292 g/mol. The van der Waals surface area contributed by atoms with Crippen LogP contribution in [-0.4, -0.2) is 9.55 Å². The number of alkyl halides is 1. The quantitative estimate of drug-likeness (QED) is 0.690. The molecule has 0 saturated heterocycles. The third kappa shape index (κ3) is 2.15. The lowest BCUT2D eigenvalue weighted by Crippen LogP contribution is -2.28. The van der Waals surface area contributed by atoms with Crippen LogP contribution in [0.3, 0.4) is 0 Å². The Morgan fingerprint density at radius 3 is 2.85 bits per heavy atom. The van der Waals surface area contributed by atoms with Gasteiger partial charge in [0.1, 0.15) is 5.82 Å². The SMILES string of the molecule is CC(c1ccsc1)n1c(CCl)nc2ccccc2c1=O. The second-order valence-corrected chi connectivity index (χ2v) is 5.63. The number of halogens is 1. The van der Waals surface area contributed by atoms with Crippen LogP contribution in [0.5, 0.6) is 0 Å². The van der Waals surface area contributed by atoms with Gasteiger partial charge in [-0.05, 0) is 41.4 Å². The molecule has 2 heterocycles. The van der Waals surface area contributed by atoms with Crippen molar-refractivity contribution in [1.82, 2.24) is 9.55 Å². The van der Waals surface area contributed by atoms with Gasteiger partial charge < -0.3 is 0 Å². The average molecular weight is 305 g/mol. The summed E-state index contributed by atoms with van der Waals surface area (Å²) in [6, 6.07) is 9.32. The second-order valence-electron chi connectivity index (χ2n) is 4.59. The van der Waals surface area contributed by atoms with E-state index < -0.39 is 0 Å². The molecule has 20 heavy (non-hydrogen) atoms. The summed E-state index contributed by atoms with van der Waals surface area (Å²) < 4.78 is 1.69. The van der Waals surface area contributed by atoms with Crippen LogP contribution >= 0.6 is 22.9 Å². The Hall–Kier alpha value is -1.65. The van der Waals surface area contributed by atoms with Crippen molar-refractivity contribution in [3.8, 4) is 0 Å². The molecule has 0 fully saturated rings. The molecular formula is C15H13ClN2OS. The summed E-state index contributed by atoms with van der Waals surface area (Å²) in [6.07, 6.45) is 0. The van der Waals surface area contributed by atoms with E-state index in [4.69, 9.17) is 11.6 Å². The maximum atomic E-state index is 12.7. The molecule has 1 unspecified atom stereocenters. The minimum Gasteiger partial charge on any atom is -0.288 e. The molecule has 2 aromatic heterocycles. The van der Waals surface area contributed by atoms with Gasteiger partial charge in [0.15, 0.2) is 0 Å². The molecule has 1 atom stereocenters. The van der Waals surface area contributed by atoms with Gasteiger partial charge in [-0.1, -0.05) is 12.1 Å². The standard InChI is InChI=1S/C15H13ClN2OS/c1-10(11-6-7-20-9-11)18-14(8-16)17-13-5-3-2-4-12(13)15(18)19/h2-7,9-10H,8H2,1H3. The molecule has 0 amide bonds. The van der Waals surface area contributed by atoms with Crippen molar-refractivity contribution in [3.63, 3.8) is 0 Å². The van der Waals surface area contributed by atoms with Crippen molar-refractivity contribution in [3.05, 3.63) is 62.8 Å². The van der Waals surface area contributed by atoms with E-state index in [2.05, 4.69) is 4.98 Å². The van der Waals surface area contributed by atoms with Crippen LogP contribution in [0, 0.1) is 0 Å². The molecule has 0 aliphatic rings. The van der Waals surface area contributed by atoms with E-state index in [0.717, 1.165) is 5.56 Å². The fraction of sp³-hybridized carbons (Fsp3) is 0.200. The summed E-state index contributed by atoms with van der Waals surface area (Å²) in [7, 11) is 0. The van der Waals surface area contributed by atoms with Crippen molar-refractivity contribution < 1.29 is 0 Å². The highest BCUT2D eigenvalue weighted by Crippen LogP contribution is 2.22. The molecule has 3 rings (SSSR count). The number of hydrogen-bond donors (Lipinski definition) is 0. The van der Waals surface area contributed by atoms with Crippen molar-refractivity contribution in [1.29, 1.82) is 0 Å². The first-order chi connectivity index (χ1) is 9.72. The van der Waals surface area contributed by atoms with E-state index in [-0.39, 0.29) is 17.5 Å². The van der Waals surface area contributed by atoms with Crippen molar-refractivity contribution in [2.45, 2.75) is 18.8 Å². The van der Waals surface area contributed by atoms with Gasteiger partial charge in [0.25, 0.3) is 5.56 Å². The lowest BCUT2D eigenvalue weighted by atomic mass is 10.1. The molecule has 0 aliphatic carbocycles. The Morgan fingerprint density at radius 2 is 2.15 bits per heavy atom. The van der Waals surface area contributed by atoms with Crippen LogP contribution in [0.4, 0.5) is 0 Å². The van der Waals surface area contributed by atoms with Crippen LogP contribution in [0.1, 0.15) is 24.4 Å². The monoisotopic (exact) mass is 304 g/mol. The highest BCUT2D eigenvalue weighted by molar-refractivity contribution is 7.07. The molecule has 0 radical (unpaired) electrons. The number of fused-ring (bicyclic) bond motifs is 1. The zero-order valence-corrected chi connectivity index (χ0v) is 12.5. The largest absolute Gasteiger partial charge is 0.288 e. The van der Waals surface area contributed by atoms with E-state index in [1.54, 1.807) is 22.0 Å². The van der Waals surface area contributed by atoms with Gasteiger partial charge in [-0.2, -0.15) is 11.3 Å². The number of nitrogens with zero attached hydrogens (tertiary/aromatic N) is 2. The highest BCUT2D eigenvalue weighted by atomic mass is 35.5. The molecule has 3 aromatic rings. The minimum absolute atomic E-state index is 0.0371. The molecule has 0 saturated carbocycles. The fourth-order valence-electron chi connectivity index (χ4n) is 2.35. The van der Waals surface area contributed by atoms with E-state index in [0.29, 0.717) is 16.7 Å². The average Bonchev–Trinajstić information content (AvgIpc) is 3.00. The van der Waals surface area contributed by atoms with Crippen LogP contribution in [0.25, 0.3) is 10.9 Å². The summed E-state index contributed by atoms with van der Waals surface area (Å²) >= 11 is 7.61. The minimum atomic E-state index is -0.0698. The van der Waals surface area contributed by atoms with Crippen molar-refractivity contribution in [2.75, 3.05) is 0 Å². The number of aromatic nitrogens is 2. The smallest absolute Gasteiger partial charge is 0.261 e. The first-order valence-electron chi connectivity index (χ1n) is 6.30. The van der Waals surface area contributed by atoms with Crippen LogP contribution in [0.2, 0.25) is 0 Å². The lowest BCUT2D eigenvalue weighted by molar-refractivity contribution is 0.586. The van der Waals surface area contributed by atoms with Crippen molar-refractivity contribution >= 4 is 33.8 Å². The molecule has 102 valence electrons. The summed E-state index contributed by atoms with van der Waals surface area (Å²) in [5, 5.41) is 4.68. The Morgan fingerprint density at radius 1 is 1.35 bits per heavy atom. The molecule has 1 aromatic carbocycles. The highest BCUT2D eigenvalue weighted by Gasteiger charge is 2.16.